The van der Waals surface area contributed by atoms with E-state index in [1.54, 1.807) is 0 Å². The maximum absolute atomic E-state index is 10.7. The van der Waals surface area contributed by atoms with Crippen LogP contribution in [-0.2, 0) is 4.74 Å². The second-order valence-electron chi connectivity index (χ2n) is 4.88. The highest BCUT2D eigenvalue weighted by Crippen LogP contribution is 2.51. The molecule has 2 atom stereocenters. The summed E-state index contributed by atoms with van der Waals surface area (Å²) in [6.45, 7) is 3.25. The molecule has 14 heavy (non-hydrogen) atoms. The van der Waals surface area contributed by atoms with Gasteiger partial charge >= 0.3 is 0 Å². The van der Waals surface area contributed by atoms with Gasteiger partial charge in [-0.3, -0.25) is 0 Å². The molecule has 0 aromatic heterocycles. The van der Waals surface area contributed by atoms with Crippen molar-refractivity contribution in [2.24, 2.45) is 11.1 Å². The van der Waals surface area contributed by atoms with Crippen molar-refractivity contribution >= 4 is 0 Å². The van der Waals surface area contributed by atoms with Crippen molar-refractivity contribution in [1.82, 2.24) is 0 Å². The third kappa shape index (κ3) is 1.23. The molecule has 1 aliphatic carbocycles. The van der Waals surface area contributed by atoms with Gasteiger partial charge < -0.3 is 15.6 Å². The van der Waals surface area contributed by atoms with Crippen LogP contribution in [0.2, 0.25) is 0 Å². The Morgan fingerprint density at radius 1 is 1.36 bits per heavy atom. The van der Waals surface area contributed by atoms with E-state index in [0.717, 1.165) is 19.3 Å². The van der Waals surface area contributed by atoms with Crippen LogP contribution < -0.4 is 5.73 Å². The topological polar surface area (TPSA) is 55.5 Å². The second-order valence-corrected chi connectivity index (χ2v) is 4.88. The Labute approximate surface area is 85.6 Å². The van der Waals surface area contributed by atoms with Gasteiger partial charge in [0.25, 0.3) is 0 Å². The minimum atomic E-state index is -0.668. The predicted molar refractivity (Wildman–Crippen MR) is 54.9 cm³/mol. The SMILES string of the molecule is CC1OCCC1(O)C1(CN)CCCC1. The Bertz CT molecular complexity index is 211. The summed E-state index contributed by atoms with van der Waals surface area (Å²) in [4.78, 5) is 0. The maximum atomic E-state index is 10.7. The van der Waals surface area contributed by atoms with E-state index in [-0.39, 0.29) is 11.5 Å². The highest BCUT2D eigenvalue weighted by molar-refractivity contribution is 5.07. The van der Waals surface area contributed by atoms with E-state index in [1.807, 2.05) is 6.92 Å². The lowest BCUT2D eigenvalue weighted by atomic mass is 9.67. The van der Waals surface area contributed by atoms with E-state index < -0.39 is 5.60 Å². The van der Waals surface area contributed by atoms with Gasteiger partial charge in [-0.1, -0.05) is 12.8 Å². The van der Waals surface area contributed by atoms with Gasteiger partial charge in [-0.2, -0.15) is 0 Å². The Kier molecular flexibility index (Phi) is 2.58. The number of aliphatic hydroxyl groups is 1. The summed E-state index contributed by atoms with van der Waals surface area (Å²) in [6, 6.07) is 0. The number of rotatable bonds is 2. The first-order valence-electron chi connectivity index (χ1n) is 5.69. The first-order chi connectivity index (χ1) is 6.65. The van der Waals surface area contributed by atoms with Gasteiger partial charge in [-0.15, -0.1) is 0 Å². The van der Waals surface area contributed by atoms with Crippen LogP contribution in [0.25, 0.3) is 0 Å². The Hall–Kier alpha value is -0.120. The van der Waals surface area contributed by atoms with Crippen LogP contribution in [0.1, 0.15) is 39.0 Å². The van der Waals surface area contributed by atoms with Crippen LogP contribution in [0.4, 0.5) is 0 Å². The molecule has 0 radical (unpaired) electrons. The van der Waals surface area contributed by atoms with E-state index in [0.29, 0.717) is 13.2 Å². The lowest BCUT2D eigenvalue weighted by molar-refractivity contribution is -0.115. The van der Waals surface area contributed by atoms with Gasteiger partial charge in [0.05, 0.1) is 11.7 Å². The Balaban J connectivity index is 2.25. The maximum Gasteiger partial charge on any atom is 0.0995 e. The Morgan fingerprint density at radius 3 is 2.43 bits per heavy atom. The van der Waals surface area contributed by atoms with Crippen molar-refractivity contribution in [1.29, 1.82) is 0 Å². The molecule has 2 aliphatic rings. The molecule has 2 rings (SSSR count). The van der Waals surface area contributed by atoms with Gasteiger partial charge in [0.15, 0.2) is 0 Å². The fraction of sp³-hybridized carbons (Fsp3) is 1.00. The Morgan fingerprint density at radius 2 is 2.00 bits per heavy atom. The van der Waals surface area contributed by atoms with E-state index >= 15 is 0 Å². The summed E-state index contributed by atoms with van der Waals surface area (Å²) in [5.41, 5.74) is 5.15. The number of ether oxygens (including phenoxy) is 1. The monoisotopic (exact) mass is 199 g/mol. The number of hydrogen-bond acceptors (Lipinski definition) is 3. The molecular weight excluding hydrogens is 178 g/mol. The third-order valence-corrected chi connectivity index (χ3v) is 4.39. The van der Waals surface area contributed by atoms with Gasteiger partial charge in [0, 0.05) is 25.0 Å². The van der Waals surface area contributed by atoms with Crippen LogP contribution in [-0.4, -0.2) is 30.0 Å². The fourth-order valence-electron chi connectivity index (χ4n) is 3.29. The van der Waals surface area contributed by atoms with Crippen LogP contribution in [0.5, 0.6) is 0 Å². The highest BCUT2D eigenvalue weighted by Gasteiger charge is 2.56. The quantitative estimate of drug-likeness (QED) is 0.699. The second kappa shape index (κ2) is 3.47. The zero-order valence-corrected chi connectivity index (χ0v) is 8.96. The van der Waals surface area contributed by atoms with Gasteiger partial charge in [-0.05, 0) is 19.8 Å². The lowest BCUT2D eigenvalue weighted by Gasteiger charge is -2.44. The molecule has 1 saturated heterocycles. The summed E-state index contributed by atoms with van der Waals surface area (Å²) in [5, 5.41) is 10.7. The predicted octanol–water partition coefficient (Wildman–Crippen LogP) is 1.05. The fourth-order valence-corrected chi connectivity index (χ4v) is 3.29. The summed E-state index contributed by atoms with van der Waals surface area (Å²) in [6.07, 6.45) is 5.23. The summed E-state index contributed by atoms with van der Waals surface area (Å²) < 4.78 is 5.50. The molecule has 2 unspecified atom stereocenters. The summed E-state index contributed by atoms with van der Waals surface area (Å²) in [7, 11) is 0. The molecule has 0 amide bonds. The largest absolute Gasteiger partial charge is 0.386 e. The zero-order valence-electron chi connectivity index (χ0n) is 8.96. The molecule has 82 valence electrons. The molecular formula is C11H21NO2. The molecule has 0 bridgehead atoms. The highest BCUT2D eigenvalue weighted by atomic mass is 16.5. The minimum Gasteiger partial charge on any atom is -0.386 e. The molecule has 1 aliphatic heterocycles. The lowest BCUT2D eigenvalue weighted by Crippen LogP contribution is -2.55. The standard InChI is InChI=1S/C11H21NO2/c1-9-11(13,6-7-14-9)10(8-12)4-2-3-5-10/h9,13H,2-8,12H2,1H3. The van der Waals surface area contributed by atoms with Crippen molar-refractivity contribution < 1.29 is 9.84 Å². The molecule has 2 fully saturated rings. The van der Waals surface area contributed by atoms with Crippen LogP contribution in [0.15, 0.2) is 0 Å². The van der Waals surface area contributed by atoms with Crippen molar-refractivity contribution in [3.63, 3.8) is 0 Å². The van der Waals surface area contributed by atoms with Crippen LogP contribution >= 0.6 is 0 Å². The smallest absolute Gasteiger partial charge is 0.0995 e. The molecule has 0 spiro atoms. The van der Waals surface area contributed by atoms with Crippen molar-refractivity contribution in [3.05, 3.63) is 0 Å². The van der Waals surface area contributed by atoms with Crippen LogP contribution in [0.3, 0.4) is 0 Å². The van der Waals surface area contributed by atoms with Crippen LogP contribution in [0, 0.1) is 5.41 Å². The summed E-state index contributed by atoms with van der Waals surface area (Å²) in [5.74, 6) is 0. The average Bonchev–Trinajstić information content (AvgIpc) is 2.76. The molecule has 1 heterocycles. The van der Waals surface area contributed by atoms with E-state index in [2.05, 4.69) is 0 Å². The molecule has 0 aromatic carbocycles. The molecule has 3 N–H and O–H groups in total. The first-order valence-corrected chi connectivity index (χ1v) is 5.69. The zero-order chi connectivity index (χ0) is 10.2. The normalized spacial score (nSPS) is 41.8. The van der Waals surface area contributed by atoms with Crippen molar-refractivity contribution in [2.75, 3.05) is 13.2 Å². The molecule has 3 heteroatoms. The van der Waals surface area contributed by atoms with Gasteiger partial charge in [0.1, 0.15) is 0 Å². The van der Waals surface area contributed by atoms with E-state index in [4.69, 9.17) is 10.5 Å². The summed E-state index contributed by atoms with van der Waals surface area (Å²) >= 11 is 0. The molecule has 1 saturated carbocycles. The average molecular weight is 199 g/mol. The van der Waals surface area contributed by atoms with Crippen molar-refractivity contribution in [3.8, 4) is 0 Å². The van der Waals surface area contributed by atoms with E-state index in [1.165, 1.54) is 12.8 Å². The number of nitrogens with two attached hydrogens (primary N) is 1. The minimum absolute atomic E-state index is 0.0517. The van der Waals surface area contributed by atoms with E-state index in [9.17, 15) is 5.11 Å². The number of hydrogen-bond donors (Lipinski definition) is 2. The molecule has 0 aromatic rings. The molecule has 3 nitrogen and oxygen atoms in total. The van der Waals surface area contributed by atoms with Gasteiger partial charge in [0.2, 0.25) is 0 Å². The first kappa shape index (κ1) is 10.4. The third-order valence-electron chi connectivity index (χ3n) is 4.39. The van der Waals surface area contributed by atoms with Gasteiger partial charge in [-0.25, -0.2) is 0 Å². The van der Waals surface area contributed by atoms with Crippen molar-refractivity contribution in [2.45, 2.75) is 50.7 Å².